The van der Waals surface area contributed by atoms with E-state index in [-0.39, 0.29) is 11.9 Å². The van der Waals surface area contributed by atoms with Crippen LogP contribution in [-0.4, -0.2) is 28.5 Å². The molecule has 1 aromatic rings. The summed E-state index contributed by atoms with van der Waals surface area (Å²) in [4.78, 5) is 20.7. The Labute approximate surface area is 80.9 Å². The summed E-state index contributed by atoms with van der Waals surface area (Å²) < 4.78 is 0. The van der Waals surface area contributed by atoms with E-state index in [4.69, 9.17) is 11.5 Å². The van der Waals surface area contributed by atoms with E-state index in [1.54, 1.807) is 6.20 Å². The Balaban J connectivity index is 2.16. The lowest BCUT2D eigenvalue weighted by Crippen LogP contribution is -2.55. The number of hydrogen-bond donors (Lipinski definition) is 2. The van der Waals surface area contributed by atoms with Crippen LogP contribution in [0.3, 0.4) is 0 Å². The van der Waals surface area contributed by atoms with Crippen molar-refractivity contribution in [2.24, 2.45) is 5.73 Å². The molecule has 1 amide bonds. The van der Waals surface area contributed by atoms with Crippen molar-refractivity contribution in [3.05, 3.63) is 12.4 Å². The summed E-state index contributed by atoms with van der Waals surface area (Å²) >= 11 is 0. The van der Waals surface area contributed by atoms with Crippen LogP contribution in [0.5, 0.6) is 0 Å². The number of carbonyl (C=O) groups is 1. The maximum Gasteiger partial charge on any atom is 0.240 e. The zero-order valence-electron chi connectivity index (χ0n) is 7.55. The normalized spacial score (nSPS) is 20.3. The minimum absolute atomic E-state index is 0.243. The molecule has 6 nitrogen and oxygen atoms in total. The third-order valence-electron chi connectivity index (χ3n) is 2.30. The molecule has 2 rings (SSSR count). The first-order valence-corrected chi connectivity index (χ1v) is 4.32. The van der Waals surface area contributed by atoms with Gasteiger partial charge in [-0.1, -0.05) is 0 Å². The van der Waals surface area contributed by atoms with Gasteiger partial charge >= 0.3 is 0 Å². The lowest BCUT2D eigenvalue weighted by atomic mass is 10.0. The van der Waals surface area contributed by atoms with Crippen molar-refractivity contribution < 1.29 is 4.79 Å². The Morgan fingerprint density at radius 2 is 2.29 bits per heavy atom. The summed E-state index contributed by atoms with van der Waals surface area (Å²) in [6, 6.07) is -0.243. The van der Waals surface area contributed by atoms with E-state index in [0.29, 0.717) is 11.6 Å². The molecule has 1 unspecified atom stereocenters. The number of rotatable bonds is 2. The maximum absolute atomic E-state index is 10.9. The Morgan fingerprint density at radius 3 is 2.71 bits per heavy atom. The van der Waals surface area contributed by atoms with Gasteiger partial charge in [0.05, 0.1) is 12.4 Å². The molecule has 4 N–H and O–H groups in total. The second-order valence-electron chi connectivity index (χ2n) is 3.20. The van der Waals surface area contributed by atoms with Gasteiger partial charge in [0.15, 0.2) is 0 Å². The largest absolute Gasteiger partial charge is 0.382 e. The van der Waals surface area contributed by atoms with E-state index in [1.165, 1.54) is 6.20 Å². The van der Waals surface area contributed by atoms with E-state index in [2.05, 4.69) is 9.97 Å². The van der Waals surface area contributed by atoms with E-state index >= 15 is 0 Å². The molecule has 74 valence electrons. The summed E-state index contributed by atoms with van der Waals surface area (Å²) in [6.45, 7) is 0.784. The fraction of sp³-hybridized carbons (Fsp3) is 0.375. The smallest absolute Gasteiger partial charge is 0.240 e. The number of aromatic nitrogens is 2. The van der Waals surface area contributed by atoms with Gasteiger partial charge in [0.1, 0.15) is 17.7 Å². The molecule has 1 atom stereocenters. The van der Waals surface area contributed by atoms with Crippen LogP contribution in [0.2, 0.25) is 0 Å². The molecule has 0 saturated carbocycles. The van der Waals surface area contributed by atoms with Crippen LogP contribution in [0.4, 0.5) is 11.6 Å². The van der Waals surface area contributed by atoms with E-state index < -0.39 is 0 Å². The van der Waals surface area contributed by atoms with Gasteiger partial charge in [0.2, 0.25) is 5.91 Å². The van der Waals surface area contributed by atoms with Crippen molar-refractivity contribution in [1.29, 1.82) is 0 Å². The molecule has 0 spiro atoms. The monoisotopic (exact) mass is 193 g/mol. The molecular formula is C8H11N5O. The number of carbonyl (C=O) groups excluding carboxylic acids is 1. The zero-order chi connectivity index (χ0) is 10.1. The predicted octanol–water partition coefficient (Wildman–Crippen LogP) is -0.877. The first-order valence-electron chi connectivity index (χ1n) is 4.32. The number of hydrogen-bond acceptors (Lipinski definition) is 5. The van der Waals surface area contributed by atoms with Gasteiger partial charge in [-0.05, 0) is 6.42 Å². The number of nitrogen functional groups attached to an aromatic ring is 1. The fourth-order valence-corrected chi connectivity index (χ4v) is 1.44. The van der Waals surface area contributed by atoms with E-state index in [0.717, 1.165) is 13.0 Å². The number of anilines is 2. The lowest BCUT2D eigenvalue weighted by molar-refractivity contribution is -0.120. The third kappa shape index (κ3) is 1.34. The van der Waals surface area contributed by atoms with Crippen LogP contribution in [0.25, 0.3) is 0 Å². The van der Waals surface area contributed by atoms with Crippen LogP contribution >= 0.6 is 0 Å². The highest BCUT2D eigenvalue weighted by atomic mass is 16.1. The summed E-state index contributed by atoms with van der Waals surface area (Å²) in [5.41, 5.74) is 10.6. The van der Waals surface area contributed by atoms with E-state index in [1.807, 2.05) is 4.90 Å². The number of primary amides is 1. The SMILES string of the molecule is NC(=O)C1CCN1c1cnc(N)cn1. The van der Waals surface area contributed by atoms with Gasteiger partial charge in [-0.3, -0.25) is 4.79 Å². The number of nitrogens with two attached hydrogens (primary N) is 2. The molecule has 1 aromatic heterocycles. The highest BCUT2D eigenvalue weighted by molar-refractivity contribution is 5.85. The Bertz CT molecular complexity index is 349. The van der Waals surface area contributed by atoms with Crippen LogP contribution < -0.4 is 16.4 Å². The number of nitrogens with zero attached hydrogens (tertiary/aromatic N) is 3. The second-order valence-corrected chi connectivity index (χ2v) is 3.20. The van der Waals surface area contributed by atoms with Crippen molar-refractivity contribution >= 4 is 17.5 Å². The predicted molar refractivity (Wildman–Crippen MR) is 51.4 cm³/mol. The molecule has 1 fully saturated rings. The average molecular weight is 193 g/mol. The Kier molecular flexibility index (Phi) is 1.95. The highest BCUT2D eigenvalue weighted by Gasteiger charge is 2.33. The van der Waals surface area contributed by atoms with Gasteiger partial charge < -0.3 is 16.4 Å². The molecule has 1 aliphatic rings. The molecule has 1 aliphatic heterocycles. The molecule has 2 heterocycles. The maximum atomic E-state index is 10.9. The minimum Gasteiger partial charge on any atom is -0.382 e. The average Bonchev–Trinajstić information content (AvgIpc) is 2.05. The van der Waals surface area contributed by atoms with Gasteiger partial charge in [-0.2, -0.15) is 0 Å². The summed E-state index contributed by atoms with van der Waals surface area (Å²) in [7, 11) is 0. The molecule has 0 radical (unpaired) electrons. The zero-order valence-corrected chi connectivity index (χ0v) is 7.55. The first kappa shape index (κ1) is 8.74. The minimum atomic E-state index is -0.324. The van der Waals surface area contributed by atoms with E-state index in [9.17, 15) is 4.79 Å². The molecule has 14 heavy (non-hydrogen) atoms. The molecule has 1 saturated heterocycles. The van der Waals surface area contributed by atoms with Crippen LogP contribution in [0, 0.1) is 0 Å². The van der Waals surface area contributed by atoms with Crippen molar-refractivity contribution in [1.82, 2.24) is 9.97 Å². The fourth-order valence-electron chi connectivity index (χ4n) is 1.44. The topological polar surface area (TPSA) is 98.1 Å². The van der Waals surface area contributed by atoms with Crippen molar-refractivity contribution in [2.75, 3.05) is 17.2 Å². The number of amides is 1. The van der Waals surface area contributed by atoms with Gasteiger partial charge in [0.25, 0.3) is 0 Å². The van der Waals surface area contributed by atoms with Gasteiger partial charge in [0, 0.05) is 6.54 Å². The molecule has 0 aliphatic carbocycles. The lowest BCUT2D eigenvalue weighted by Gasteiger charge is -2.39. The summed E-state index contributed by atoms with van der Waals surface area (Å²) in [6.07, 6.45) is 3.79. The van der Waals surface area contributed by atoms with Gasteiger partial charge in [-0.15, -0.1) is 0 Å². The quantitative estimate of drug-likeness (QED) is 0.635. The van der Waals surface area contributed by atoms with Crippen LogP contribution in [-0.2, 0) is 4.79 Å². The molecule has 6 heteroatoms. The molecular weight excluding hydrogens is 182 g/mol. The Morgan fingerprint density at radius 1 is 1.50 bits per heavy atom. The van der Waals surface area contributed by atoms with Crippen molar-refractivity contribution in [3.63, 3.8) is 0 Å². The molecule has 0 bridgehead atoms. The first-order chi connectivity index (χ1) is 6.68. The summed E-state index contributed by atoms with van der Waals surface area (Å²) in [5, 5.41) is 0. The third-order valence-corrected chi connectivity index (χ3v) is 2.30. The van der Waals surface area contributed by atoms with Gasteiger partial charge in [-0.25, -0.2) is 9.97 Å². The van der Waals surface area contributed by atoms with Crippen LogP contribution in [0.15, 0.2) is 12.4 Å². The standard InChI is InChI=1S/C8H11N5O/c9-6-3-12-7(4-11-6)13-2-1-5(13)8(10)14/h3-5H,1-2H2,(H2,9,11)(H2,10,14). The van der Waals surface area contributed by atoms with Crippen molar-refractivity contribution in [3.8, 4) is 0 Å². The molecule has 0 aromatic carbocycles. The van der Waals surface area contributed by atoms with Crippen LogP contribution in [0.1, 0.15) is 6.42 Å². The highest BCUT2D eigenvalue weighted by Crippen LogP contribution is 2.23. The van der Waals surface area contributed by atoms with Crippen molar-refractivity contribution in [2.45, 2.75) is 12.5 Å². The Hall–Kier alpha value is -1.85. The second kappa shape index (κ2) is 3.13. The summed E-state index contributed by atoms with van der Waals surface area (Å²) in [5.74, 6) is 0.689.